The third kappa shape index (κ3) is 4.77. The van der Waals surface area contributed by atoms with Gasteiger partial charge in [0.2, 0.25) is 5.71 Å². The third-order valence-electron chi connectivity index (χ3n) is 6.95. The van der Waals surface area contributed by atoms with E-state index in [9.17, 15) is 0 Å². The first kappa shape index (κ1) is 30.1. The van der Waals surface area contributed by atoms with E-state index in [4.69, 9.17) is 37.9 Å². The van der Waals surface area contributed by atoms with Crippen LogP contribution in [0.5, 0.6) is 17.2 Å². The Morgan fingerprint density at radius 2 is 1.30 bits per heavy atom. The van der Waals surface area contributed by atoms with E-state index in [-0.39, 0.29) is 11.7 Å². The lowest BCUT2D eigenvalue weighted by molar-refractivity contribution is 0.111. The summed E-state index contributed by atoms with van der Waals surface area (Å²) in [4.78, 5) is 20.9. The van der Waals surface area contributed by atoms with Crippen LogP contribution in [0.4, 0.5) is 10.0 Å². The van der Waals surface area contributed by atoms with Crippen LogP contribution in [0.15, 0.2) is 34.3 Å². The molecule has 7 rings (SSSR count). The standard InChI is InChI=1S/C31H16N6O3S6/c1-31(2)22-26-18(9-16(41-26)24-15(39-6)8-21(46-24)37-30(34-3)35-4)43-28(22)29-23(40-31)27-19(44-29)10-17(42-27)25-14(38-5)7-20(45-25)36-13(11-32)12-33/h7-10H,1-2,5-6H3. The molecule has 0 spiro atoms. The van der Waals surface area contributed by atoms with Crippen molar-refractivity contribution in [1.82, 2.24) is 0 Å². The van der Waals surface area contributed by atoms with Crippen molar-refractivity contribution in [3.8, 4) is 58.6 Å². The van der Waals surface area contributed by atoms with Crippen LogP contribution < -0.4 is 14.2 Å². The summed E-state index contributed by atoms with van der Waals surface area (Å²) in [5.74, 6) is 1.95. The summed E-state index contributed by atoms with van der Waals surface area (Å²) >= 11 is 9.54. The minimum absolute atomic E-state index is 0.202. The maximum Gasteiger partial charge on any atom is 0.635 e. The fourth-order valence-corrected chi connectivity index (χ4v) is 12.8. The lowest BCUT2D eigenvalue weighted by Crippen LogP contribution is -2.27. The monoisotopic (exact) mass is 712 g/mol. The van der Waals surface area contributed by atoms with E-state index in [0.717, 1.165) is 54.5 Å². The molecule has 0 aromatic carbocycles. The van der Waals surface area contributed by atoms with Crippen molar-refractivity contribution in [2.24, 2.45) is 9.98 Å². The molecule has 0 atom stereocenters. The Balaban J connectivity index is 1.30. The van der Waals surface area contributed by atoms with Gasteiger partial charge in [-0.25, -0.2) is 14.7 Å². The number of aliphatic imine (C=N–C) groups is 2. The van der Waals surface area contributed by atoms with E-state index in [1.54, 1.807) is 83.8 Å². The number of guanidine groups is 1. The van der Waals surface area contributed by atoms with Gasteiger partial charge in [0.05, 0.1) is 63.6 Å². The van der Waals surface area contributed by atoms with Gasteiger partial charge in [0.1, 0.15) is 34.2 Å². The molecule has 15 heteroatoms. The lowest BCUT2D eigenvalue weighted by atomic mass is 9.95. The predicted octanol–water partition coefficient (Wildman–Crippen LogP) is 11.0. The molecular weight excluding hydrogens is 697 g/mol. The molecule has 0 amide bonds. The summed E-state index contributed by atoms with van der Waals surface area (Å²) in [7, 11) is 3.20. The SMILES string of the molecule is [C-]#[N+]C(=Nc1cc(OC)c(-c2cc3sc4c(c3s2)C(C)(C)Oc2c-4sc3cc(-c4sc(N=C(C#N)C#N)cc4OC)sc23)s1)[N+]#[C-]. The second-order valence-electron chi connectivity index (χ2n) is 10.1. The van der Waals surface area contributed by atoms with Crippen LogP contribution in [0, 0.1) is 35.8 Å². The first-order valence-corrected chi connectivity index (χ1v) is 18.0. The minimum Gasteiger partial charge on any atom is -0.495 e. The van der Waals surface area contributed by atoms with Crippen molar-refractivity contribution in [2.75, 3.05) is 14.2 Å². The first-order chi connectivity index (χ1) is 22.2. The molecule has 1 aliphatic rings. The van der Waals surface area contributed by atoms with Crippen molar-refractivity contribution in [3.63, 3.8) is 0 Å². The van der Waals surface area contributed by atoms with Crippen LogP contribution in [0.2, 0.25) is 0 Å². The number of hydrogen-bond acceptors (Lipinski definition) is 13. The molecule has 6 aromatic heterocycles. The van der Waals surface area contributed by atoms with Gasteiger partial charge in [-0.05, 0) is 39.1 Å². The van der Waals surface area contributed by atoms with Crippen LogP contribution in [-0.4, -0.2) is 25.9 Å². The van der Waals surface area contributed by atoms with Crippen molar-refractivity contribution in [3.05, 3.63) is 52.7 Å². The molecule has 6 aromatic rings. The molecule has 0 bridgehead atoms. The fraction of sp³-hybridized carbons (Fsp3) is 0.161. The molecule has 0 saturated heterocycles. The lowest BCUT2D eigenvalue weighted by Gasteiger charge is -2.31. The van der Waals surface area contributed by atoms with Crippen LogP contribution in [-0.2, 0) is 5.60 Å². The molecule has 1 aliphatic heterocycles. The zero-order chi connectivity index (χ0) is 32.3. The summed E-state index contributed by atoms with van der Waals surface area (Å²) < 4.78 is 22.6. The number of rotatable bonds is 6. The summed E-state index contributed by atoms with van der Waals surface area (Å²) in [5, 5.41) is 19.3. The van der Waals surface area contributed by atoms with Crippen molar-refractivity contribution < 1.29 is 14.2 Å². The molecule has 7 heterocycles. The number of thiophene rings is 6. The van der Waals surface area contributed by atoms with Crippen LogP contribution in [0.1, 0.15) is 19.4 Å². The molecule has 46 heavy (non-hydrogen) atoms. The number of nitrogens with zero attached hydrogens (tertiary/aromatic N) is 6. The van der Waals surface area contributed by atoms with Gasteiger partial charge in [-0.15, -0.1) is 56.7 Å². The largest absolute Gasteiger partial charge is 0.635 e. The molecule has 0 radical (unpaired) electrons. The van der Waals surface area contributed by atoms with Gasteiger partial charge in [0.25, 0.3) is 5.00 Å². The quantitative estimate of drug-likeness (QED) is 0.0970. The van der Waals surface area contributed by atoms with Crippen LogP contribution in [0.3, 0.4) is 0 Å². The molecule has 0 saturated carbocycles. The second kappa shape index (κ2) is 11.3. The number of hydrogen-bond donors (Lipinski definition) is 0. The van der Waals surface area contributed by atoms with E-state index in [1.165, 1.54) is 27.6 Å². The molecule has 0 N–H and O–H groups in total. The van der Waals surface area contributed by atoms with Gasteiger partial charge in [-0.2, -0.15) is 10.5 Å². The third-order valence-corrected chi connectivity index (χ3v) is 14.3. The van der Waals surface area contributed by atoms with Gasteiger partial charge >= 0.3 is 5.96 Å². The summed E-state index contributed by atoms with van der Waals surface area (Å²) in [6.45, 7) is 18.5. The highest BCUT2D eigenvalue weighted by Gasteiger charge is 2.40. The highest BCUT2D eigenvalue weighted by atomic mass is 32.1. The molecule has 0 unspecified atom stereocenters. The van der Waals surface area contributed by atoms with Crippen LogP contribution >= 0.6 is 68.0 Å². The number of ether oxygens (including phenoxy) is 3. The van der Waals surface area contributed by atoms with E-state index < -0.39 is 5.60 Å². The number of methoxy groups -OCH3 is 2. The Labute approximate surface area is 286 Å². The smallest absolute Gasteiger partial charge is 0.495 e. The first-order valence-electron chi connectivity index (χ1n) is 13.1. The minimum atomic E-state index is -0.594. The summed E-state index contributed by atoms with van der Waals surface area (Å²) in [6, 6.07) is 11.4. The molecule has 0 aliphatic carbocycles. The normalized spacial score (nSPS) is 12.6. The van der Waals surface area contributed by atoms with Crippen molar-refractivity contribution >= 4 is 108 Å². The Morgan fingerprint density at radius 3 is 1.87 bits per heavy atom. The zero-order valence-corrected chi connectivity index (χ0v) is 29.1. The van der Waals surface area contributed by atoms with E-state index in [2.05, 4.69) is 45.7 Å². The Hall–Kier alpha value is -4.58. The predicted molar refractivity (Wildman–Crippen MR) is 190 cm³/mol. The number of fused-ring (bicyclic) bond motifs is 7. The average molecular weight is 713 g/mol. The molecular formula is C31H16N6O3S6. The average Bonchev–Trinajstić information content (AvgIpc) is 3.87. The topological polar surface area (TPSA) is 109 Å². The van der Waals surface area contributed by atoms with Crippen molar-refractivity contribution in [1.29, 1.82) is 10.5 Å². The van der Waals surface area contributed by atoms with Gasteiger partial charge in [0, 0.05) is 21.3 Å². The molecule has 9 nitrogen and oxygen atoms in total. The summed E-state index contributed by atoms with van der Waals surface area (Å²) in [6.07, 6.45) is 0. The Kier molecular flexibility index (Phi) is 7.42. The van der Waals surface area contributed by atoms with Crippen LogP contribution in [0.25, 0.3) is 57.8 Å². The second-order valence-corrected chi connectivity index (χ2v) is 16.3. The Morgan fingerprint density at radius 1 is 0.761 bits per heavy atom. The summed E-state index contributed by atoms with van der Waals surface area (Å²) in [5.41, 5.74) is 0.366. The fourth-order valence-electron chi connectivity index (χ4n) is 5.07. The van der Waals surface area contributed by atoms with E-state index in [0.29, 0.717) is 21.5 Å². The van der Waals surface area contributed by atoms with E-state index >= 15 is 0 Å². The Bertz CT molecular complexity index is 2440. The molecule has 0 fully saturated rings. The zero-order valence-electron chi connectivity index (χ0n) is 24.2. The van der Waals surface area contributed by atoms with Gasteiger partial charge in [-0.3, -0.25) is 0 Å². The number of nitriles is 2. The van der Waals surface area contributed by atoms with Crippen molar-refractivity contribution in [2.45, 2.75) is 19.4 Å². The van der Waals surface area contributed by atoms with Gasteiger partial charge < -0.3 is 14.2 Å². The maximum atomic E-state index is 9.13. The maximum absolute atomic E-state index is 9.13. The van der Waals surface area contributed by atoms with Gasteiger partial charge in [0.15, 0.2) is 5.75 Å². The highest BCUT2D eigenvalue weighted by Crippen LogP contribution is 2.62. The van der Waals surface area contributed by atoms with E-state index in [1.807, 2.05) is 0 Å². The van der Waals surface area contributed by atoms with Gasteiger partial charge in [-0.1, -0.05) is 11.3 Å². The molecule has 224 valence electrons. The highest BCUT2D eigenvalue weighted by molar-refractivity contribution is 7.37.